The van der Waals surface area contributed by atoms with Crippen molar-refractivity contribution in [2.75, 3.05) is 17.3 Å². The van der Waals surface area contributed by atoms with Gasteiger partial charge in [0.25, 0.3) is 0 Å². The molecule has 0 amide bonds. The molecular formula is C12H21N5O. The van der Waals surface area contributed by atoms with Crippen LogP contribution in [0.2, 0.25) is 0 Å². The number of aliphatic hydroxyl groups is 1. The Morgan fingerprint density at radius 2 is 2.17 bits per heavy atom. The molecule has 0 radical (unpaired) electrons. The molecule has 0 aliphatic heterocycles. The summed E-state index contributed by atoms with van der Waals surface area (Å²) in [6.45, 7) is 2.63. The summed E-state index contributed by atoms with van der Waals surface area (Å²) in [6, 6.07) is 1.87. The van der Waals surface area contributed by atoms with E-state index < -0.39 is 0 Å². The third-order valence-corrected chi connectivity index (χ3v) is 3.40. The Kier molecular flexibility index (Phi) is 4.33. The van der Waals surface area contributed by atoms with Crippen LogP contribution < -0.4 is 16.6 Å². The minimum Gasteiger partial charge on any atom is -0.393 e. The summed E-state index contributed by atoms with van der Waals surface area (Å²) >= 11 is 0. The Bertz CT molecular complexity index is 398. The van der Waals surface area contributed by atoms with Gasteiger partial charge in [0.05, 0.1) is 6.10 Å². The molecule has 1 aliphatic rings. The van der Waals surface area contributed by atoms with Gasteiger partial charge >= 0.3 is 0 Å². The van der Waals surface area contributed by atoms with Gasteiger partial charge in [-0.3, -0.25) is 5.43 Å². The number of aryl methyl sites for hydroxylation is 1. The number of rotatable bonds is 4. The number of hydrazine groups is 1. The van der Waals surface area contributed by atoms with Gasteiger partial charge in [-0.2, -0.15) is 4.98 Å². The molecule has 1 fully saturated rings. The van der Waals surface area contributed by atoms with Crippen LogP contribution in [-0.4, -0.2) is 27.7 Å². The molecule has 1 aromatic heterocycles. The monoisotopic (exact) mass is 251 g/mol. The molecule has 1 aliphatic carbocycles. The molecule has 5 N–H and O–H groups in total. The molecule has 100 valence electrons. The van der Waals surface area contributed by atoms with Crippen molar-refractivity contribution in [1.82, 2.24) is 9.97 Å². The summed E-state index contributed by atoms with van der Waals surface area (Å²) in [4.78, 5) is 8.35. The van der Waals surface area contributed by atoms with E-state index >= 15 is 0 Å². The zero-order valence-electron chi connectivity index (χ0n) is 10.7. The Labute approximate surface area is 107 Å². The number of anilines is 2. The molecule has 2 atom stereocenters. The van der Waals surface area contributed by atoms with Crippen LogP contribution in [0.4, 0.5) is 11.8 Å². The Morgan fingerprint density at radius 3 is 2.89 bits per heavy atom. The number of hydrogen-bond acceptors (Lipinski definition) is 6. The predicted octanol–water partition coefficient (Wildman–Crippen LogP) is 1.03. The van der Waals surface area contributed by atoms with Crippen molar-refractivity contribution in [3.63, 3.8) is 0 Å². The van der Waals surface area contributed by atoms with Crippen molar-refractivity contribution in [3.8, 4) is 0 Å². The molecule has 2 rings (SSSR count). The van der Waals surface area contributed by atoms with Crippen molar-refractivity contribution >= 4 is 11.8 Å². The number of nitrogen functional groups attached to an aromatic ring is 1. The molecule has 0 bridgehead atoms. The lowest BCUT2D eigenvalue weighted by molar-refractivity contribution is 0.0763. The minimum atomic E-state index is -0.193. The molecule has 1 heterocycles. The third-order valence-electron chi connectivity index (χ3n) is 3.40. The lowest BCUT2D eigenvalue weighted by atomic mass is 9.86. The predicted molar refractivity (Wildman–Crippen MR) is 71.0 cm³/mol. The van der Waals surface area contributed by atoms with Crippen LogP contribution in [0.1, 0.15) is 31.4 Å². The van der Waals surface area contributed by atoms with Crippen LogP contribution in [0, 0.1) is 12.8 Å². The second-order valence-electron chi connectivity index (χ2n) is 4.86. The average Bonchev–Trinajstić information content (AvgIpc) is 2.37. The minimum absolute atomic E-state index is 0.193. The van der Waals surface area contributed by atoms with E-state index in [2.05, 4.69) is 20.7 Å². The van der Waals surface area contributed by atoms with Crippen LogP contribution in [0.15, 0.2) is 6.07 Å². The highest BCUT2D eigenvalue weighted by Gasteiger charge is 2.22. The number of nitrogens with zero attached hydrogens (tertiary/aromatic N) is 2. The highest BCUT2D eigenvalue weighted by atomic mass is 16.3. The summed E-state index contributed by atoms with van der Waals surface area (Å²) in [5.74, 6) is 6.76. The van der Waals surface area contributed by atoms with E-state index in [1.165, 1.54) is 6.42 Å². The third kappa shape index (κ3) is 3.30. The van der Waals surface area contributed by atoms with Crippen LogP contribution in [0.25, 0.3) is 0 Å². The number of hydrogen-bond donors (Lipinski definition) is 4. The lowest BCUT2D eigenvalue weighted by Gasteiger charge is -2.27. The summed E-state index contributed by atoms with van der Waals surface area (Å²) in [7, 11) is 0. The number of aromatic nitrogens is 2. The van der Waals surface area contributed by atoms with Crippen molar-refractivity contribution in [1.29, 1.82) is 0 Å². The van der Waals surface area contributed by atoms with Gasteiger partial charge in [-0.1, -0.05) is 12.8 Å². The number of aliphatic hydroxyl groups excluding tert-OH is 1. The zero-order chi connectivity index (χ0) is 13.0. The number of nitrogens with one attached hydrogen (secondary N) is 2. The summed E-state index contributed by atoms with van der Waals surface area (Å²) in [5.41, 5.74) is 3.29. The molecule has 0 saturated heterocycles. The van der Waals surface area contributed by atoms with Crippen LogP contribution in [0.5, 0.6) is 0 Å². The fraction of sp³-hybridized carbons (Fsp3) is 0.667. The first-order chi connectivity index (χ1) is 8.69. The lowest BCUT2D eigenvalue weighted by Crippen LogP contribution is -2.30. The van der Waals surface area contributed by atoms with Crippen molar-refractivity contribution in [2.24, 2.45) is 11.8 Å². The largest absolute Gasteiger partial charge is 0.393 e. The van der Waals surface area contributed by atoms with Gasteiger partial charge in [-0.05, 0) is 19.8 Å². The van der Waals surface area contributed by atoms with Gasteiger partial charge in [-0.15, -0.1) is 0 Å². The Balaban J connectivity index is 1.94. The van der Waals surface area contributed by atoms with E-state index in [4.69, 9.17) is 5.84 Å². The summed E-state index contributed by atoms with van der Waals surface area (Å²) in [6.07, 6.45) is 4.11. The molecule has 0 aromatic carbocycles. The fourth-order valence-corrected chi connectivity index (χ4v) is 2.39. The average molecular weight is 251 g/mol. The second kappa shape index (κ2) is 5.97. The quantitative estimate of drug-likeness (QED) is 0.471. The maximum atomic E-state index is 9.90. The van der Waals surface area contributed by atoms with E-state index in [1.807, 2.05) is 13.0 Å². The van der Waals surface area contributed by atoms with Crippen LogP contribution >= 0.6 is 0 Å². The van der Waals surface area contributed by atoms with E-state index in [0.29, 0.717) is 11.9 Å². The Morgan fingerprint density at radius 1 is 1.39 bits per heavy atom. The zero-order valence-corrected chi connectivity index (χ0v) is 10.7. The van der Waals surface area contributed by atoms with Crippen molar-refractivity contribution in [3.05, 3.63) is 11.8 Å². The van der Waals surface area contributed by atoms with E-state index in [1.54, 1.807) is 0 Å². The van der Waals surface area contributed by atoms with Crippen LogP contribution in [0.3, 0.4) is 0 Å². The molecule has 0 spiro atoms. The summed E-state index contributed by atoms with van der Waals surface area (Å²) in [5, 5.41) is 13.2. The molecular weight excluding hydrogens is 230 g/mol. The van der Waals surface area contributed by atoms with Gasteiger partial charge < -0.3 is 10.4 Å². The second-order valence-corrected chi connectivity index (χ2v) is 4.86. The first-order valence-electron chi connectivity index (χ1n) is 6.43. The first kappa shape index (κ1) is 13.0. The highest BCUT2D eigenvalue weighted by Crippen LogP contribution is 2.24. The van der Waals surface area contributed by atoms with E-state index in [0.717, 1.165) is 37.3 Å². The SMILES string of the molecule is Cc1cc(NCC2CCCCC2O)nc(NN)n1. The van der Waals surface area contributed by atoms with E-state index in [9.17, 15) is 5.11 Å². The fourth-order valence-electron chi connectivity index (χ4n) is 2.39. The Hall–Kier alpha value is -1.40. The van der Waals surface area contributed by atoms with Gasteiger partial charge in [-0.25, -0.2) is 10.8 Å². The van der Waals surface area contributed by atoms with Crippen LogP contribution in [-0.2, 0) is 0 Å². The smallest absolute Gasteiger partial charge is 0.239 e. The normalized spacial score (nSPS) is 23.7. The molecule has 2 unspecified atom stereocenters. The molecule has 6 heteroatoms. The molecule has 1 aromatic rings. The maximum absolute atomic E-state index is 9.90. The molecule has 18 heavy (non-hydrogen) atoms. The first-order valence-corrected chi connectivity index (χ1v) is 6.43. The molecule has 6 nitrogen and oxygen atoms in total. The van der Waals surface area contributed by atoms with E-state index in [-0.39, 0.29) is 6.10 Å². The van der Waals surface area contributed by atoms with Gasteiger partial charge in [0.15, 0.2) is 0 Å². The summed E-state index contributed by atoms with van der Waals surface area (Å²) < 4.78 is 0. The highest BCUT2D eigenvalue weighted by molar-refractivity contribution is 5.41. The van der Waals surface area contributed by atoms with Crippen molar-refractivity contribution < 1.29 is 5.11 Å². The van der Waals surface area contributed by atoms with Gasteiger partial charge in [0.2, 0.25) is 5.95 Å². The molecule has 1 saturated carbocycles. The van der Waals surface area contributed by atoms with Crippen molar-refractivity contribution in [2.45, 2.75) is 38.7 Å². The van der Waals surface area contributed by atoms with Gasteiger partial charge in [0.1, 0.15) is 5.82 Å². The van der Waals surface area contributed by atoms with Gasteiger partial charge in [0, 0.05) is 24.2 Å². The standard InChI is InChI=1S/C12H21N5O/c1-8-6-11(16-12(15-8)17-13)14-7-9-4-2-3-5-10(9)18/h6,9-10,18H,2-5,7,13H2,1H3,(H2,14,15,16,17). The number of nitrogens with two attached hydrogens (primary N) is 1. The topological polar surface area (TPSA) is 96.1 Å². The maximum Gasteiger partial charge on any atom is 0.239 e.